The zero-order valence-electron chi connectivity index (χ0n) is 13.0. The lowest BCUT2D eigenvalue weighted by Crippen LogP contribution is -2.34. The fraction of sp³-hybridized carbons (Fsp3) is 0.643. The molecule has 1 aromatic rings. The molecule has 2 rings (SSSR count). The average Bonchev–Trinajstić information content (AvgIpc) is 2.81. The first-order valence-corrected chi connectivity index (χ1v) is 7.24. The van der Waals surface area contributed by atoms with E-state index in [-0.39, 0.29) is 10.6 Å². The Hall–Kier alpha value is -1.89. The molecule has 1 aromatic heterocycles. The van der Waals surface area contributed by atoms with Crippen molar-refractivity contribution in [1.29, 1.82) is 0 Å². The first-order valence-electron chi connectivity index (χ1n) is 7.24. The summed E-state index contributed by atoms with van der Waals surface area (Å²) < 4.78 is 0. The lowest BCUT2D eigenvalue weighted by molar-refractivity contribution is -0.384. The molecule has 1 N–H and O–H groups in total. The molecule has 7 heteroatoms. The van der Waals surface area contributed by atoms with E-state index in [1.807, 2.05) is 6.92 Å². The summed E-state index contributed by atoms with van der Waals surface area (Å²) in [6, 6.07) is 3.48. The molecule has 7 nitrogen and oxygen atoms in total. The summed E-state index contributed by atoms with van der Waals surface area (Å²) in [6.07, 6.45) is 0. The molecule has 1 aliphatic rings. The van der Waals surface area contributed by atoms with Gasteiger partial charge in [-0.1, -0.05) is 6.92 Å². The average molecular weight is 293 g/mol. The topological polar surface area (TPSA) is 74.5 Å². The van der Waals surface area contributed by atoms with Crippen LogP contribution in [0.2, 0.25) is 0 Å². The van der Waals surface area contributed by atoms with Crippen LogP contribution in [-0.4, -0.2) is 54.6 Å². The quantitative estimate of drug-likeness (QED) is 0.659. The minimum Gasteiger partial charge on any atom is -0.370 e. The molecule has 2 unspecified atom stereocenters. The maximum Gasteiger partial charge on any atom is 0.276 e. The summed E-state index contributed by atoms with van der Waals surface area (Å²) in [5.74, 6) is 1.74. The lowest BCUT2D eigenvalue weighted by atomic mass is 10.1. The standard InChI is InChI=1S/C14H23N5O2/c1-5-15-13-6-11(19(20)21)7-14(16-13)18-8-10(2)12(9-18)17(3)4/h6-7,10,12H,5,8-9H2,1-4H3,(H,15,16). The number of hydrogen-bond donors (Lipinski definition) is 1. The van der Waals surface area contributed by atoms with Gasteiger partial charge in [-0.3, -0.25) is 10.1 Å². The van der Waals surface area contributed by atoms with E-state index in [0.717, 1.165) is 13.1 Å². The SMILES string of the molecule is CCNc1cc([N+](=O)[O-])cc(N2CC(C)C(N(C)C)C2)n1. The van der Waals surface area contributed by atoms with Crippen LogP contribution in [0.15, 0.2) is 12.1 Å². The molecule has 0 amide bonds. The summed E-state index contributed by atoms with van der Waals surface area (Å²) in [6.45, 7) is 6.54. The Labute approximate surface area is 125 Å². The highest BCUT2D eigenvalue weighted by atomic mass is 16.6. The third-order valence-corrected chi connectivity index (χ3v) is 3.93. The van der Waals surface area contributed by atoms with E-state index in [4.69, 9.17) is 0 Å². The van der Waals surface area contributed by atoms with Gasteiger partial charge in [0.15, 0.2) is 0 Å². The number of rotatable bonds is 5. The fourth-order valence-corrected chi connectivity index (χ4v) is 2.85. The predicted octanol–water partition coefficient (Wildman–Crippen LogP) is 1.81. The number of likely N-dealkylation sites (N-methyl/N-ethyl adjacent to an activating group) is 1. The summed E-state index contributed by atoms with van der Waals surface area (Å²) in [5, 5.41) is 14.1. The van der Waals surface area contributed by atoms with E-state index < -0.39 is 0 Å². The number of hydrogen-bond acceptors (Lipinski definition) is 6. The summed E-state index contributed by atoms with van der Waals surface area (Å²) in [7, 11) is 4.13. The highest BCUT2D eigenvalue weighted by molar-refractivity contribution is 5.56. The molecule has 0 aromatic carbocycles. The van der Waals surface area contributed by atoms with Crippen molar-refractivity contribution in [2.45, 2.75) is 19.9 Å². The molecule has 2 heterocycles. The van der Waals surface area contributed by atoms with E-state index in [9.17, 15) is 10.1 Å². The van der Waals surface area contributed by atoms with Gasteiger partial charge in [0.25, 0.3) is 5.69 Å². The van der Waals surface area contributed by atoms with E-state index in [1.165, 1.54) is 6.07 Å². The first-order chi connectivity index (χ1) is 9.92. The van der Waals surface area contributed by atoms with Crippen LogP contribution in [0.3, 0.4) is 0 Å². The minimum absolute atomic E-state index is 0.0805. The van der Waals surface area contributed by atoms with Gasteiger partial charge < -0.3 is 15.1 Å². The first kappa shape index (κ1) is 15.5. The van der Waals surface area contributed by atoms with Crippen LogP contribution >= 0.6 is 0 Å². The third kappa shape index (κ3) is 3.41. The van der Waals surface area contributed by atoms with E-state index in [0.29, 0.717) is 30.1 Å². The van der Waals surface area contributed by atoms with Crippen LogP contribution < -0.4 is 10.2 Å². The highest BCUT2D eigenvalue weighted by Gasteiger charge is 2.32. The lowest BCUT2D eigenvalue weighted by Gasteiger charge is -2.22. The van der Waals surface area contributed by atoms with E-state index >= 15 is 0 Å². The van der Waals surface area contributed by atoms with Gasteiger partial charge in [-0.2, -0.15) is 0 Å². The molecule has 1 aliphatic heterocycles. The molecule has 0 bridgehead atoms. The Morgan fingerprint density at radius 2 is 2.19 bits per heavy atom. The molecule has 2 atom stereocenters. The molecular weight excluding hydrogens is 270 g/mol. The van der Waals surface area contributed by atoms with Gasteiger partial charge in [-0.25, -0.2) is 4.98 Å². The van der Waals surface area contributed by atoms with Crippen molar-refractivity contribution >= 4 is 17.3 Å². The number of nitrogens with one attached hydrogen (secondary N) is 1. The van der Waals surface area contributed by atoms with Gasteiger partial charge in [0, 0.05) is 25.7 Å². The zero-order valence-corrected chi connectivity index (χ0v) is 13.0. The summed E-state index contributed by atoms with van der Waals surface area (Å²) >= 11 is 0. The molecule has 0 aliphatic carbocycles. The van der Waals surface area contributed by atoms with Crippen LogP contribution in [-0.2, 0) is 0 Å². The van der Waals surface area contributed by atoms with Crippen LogP contribution in [0.5, 0.6) is 0 Å². The predicted molar refractivity (Wildman–Crippen MR) is 83.9 cm³/mol. The van der Waals surface area contributed by atoms with Gasteiger partial charge in [0.1, 0.15) is 11.6 Å². The van der Waals surface area contributed by atoms with Gasteiger partial charge in [0.2, 0.25) is 0 Å². The second-order valence-electron chi connectivity index (χ2n) is 5.77. The van der Waals surface area contributed by atoms with E-state index in [2.05, 4.69) is 41.1 Å². The van der Waals surface area contributed by atoms with Crippen molar-refractivity contribution in [2.24, 2.45) is 5.92 Å². The summed E-state index contributed by atoms with van der Waals surface area (Å²) in [4.78, 5) is 19.6. The Bertz CT molecular complexity index is 520. The van der Waals surface area contributed by atoms with E-state index in [1.54, 1.807) is 6.07 Å². The number of nitro groups is 1. The molecular formula is C14H23N5O2. The minimum atomic E-state index is -0.366. The summed E-state index contributed by atoms with van der Waals surface area (Å²) in [5.41, 5.74) is 0.0805. The molecule has 21 heavy (non-hydrogen) atoms. The molecule has 0 spiro atoms. The Balaban J connectivity index is 2.29. The Morgan fingerprint density at radius 1 is 1.48 bits per heavy atom. The van der Waals surface area contributed by atoms with Gasteiger partial charge >= 0.3 is 0 Å². The number of anilines is 2. The van der Waals surface area contributed by atoms with Crippen molar-refractivity contribution in [1.82, 2.24) is 9.88 Å². The van der Waals surface area contributed by atoms with Crippen molar-refractivity contribution in [3.05, 3.63) is 22.2 Å². The molecule has 0 saturated carbocycles. The fourth-order valence-electron chi connectivity index (χ4n) is 2.85. The van der Waals surface area contributed by atoms with Crippen molar-refractivity contribution in [2.75, 3.05) is 43.9 Å². The van der Waals surface area contributed by atoms with Crippen LogP contribution in [0.25, 0.3) is 0 Å². The largest absolute Gasteiger partial charge is 0.370 e. The normalized spacial score (nSPS) is 21.9. The van der Waals surface area contributed by atoms with Crippen LogP contribution in [0, 0.1) is 16.0 Å². The number of nitrogens with zero attached hydrogens (tertiary/aromatic N) is 4. The molecule has 0 radical (unpaired) electrons. The second-order valence-corrected chi connectivity index (χ2v) is 5.77. The monoisotopic (exact) mass is 293 g/mol. The zero-order chi connectivity index (χ0) is 15.6. The smallest absolute Gasteiger partial charge is 0.276 e. The maximum atomic E-state index is 11.1. The van der Waals surface area contributed by atoms with Crippen molar-refractivity contribution < 1.29 is 4.92 Å². The Morgan fingerprint density at radius 3 is 2.71 bits per heavy atom. The number of aromatic nitrogens is 1. The van der Waals surface area contributed by atoms with Gasteiger partial charge in [-0.15, -0.1) is 0 Å². The second kappa shape index (κ2) is 6.26. The number of pyridine rings is 1. The van der Waals surface area contributed by atoms with Crippen LogP contribution in [0.1, 0.15) is 13.8 Å². The molecule has 1 saturated heterocycles. The van der Waals surface area contributed by atoms with Gasteiger partial charge in [-0.05, 0) is 26.9 Å². The Kier molecular flexibility index (Phi) is 4.62. The van der Waals surface area contributed by atoms with Crippen LogP contribution in [0.4, 0.5) is 17.3 Å². The molecule has 116 valence electrons. The van der Waals surface area contributed by atoms with Crippen molar-refractivity contribution in [3.8, 4) is 0 Å². The maximum absolute atomic E-state index is 11.1. The highest BCUT2D eigenvalue weighted by Crippen LogP contribution is 2.29. The third-order valence-electron chi connectivity index (χ3n) is 3.93. The van der Waals surface area contributed by atoms with Gasteiger partial charge in [0.05, 0.1) is 17.1 Å². The molecule has 1 fully saturated rings. The van der Waals surface area contributed by atoms with Crippen molar-refractivity contribution in [3.63, 3.8) is 0 Å².